The molecule has 0 saturated heterocycles. The second-order valence-corrected chi connectivity index (χ2v) is 10.9. The zero-order chi connectivity index (χ0) is 17.3. The van der Waals surface area contributed by atoms with E-state index >= 15 is 0 Å². The molecule has 0 atom stereocenters. The van der Waals surface area contributed by atoms with Crippen molar-refractivity contribution in [2.75, 3.05) is 11.5 Å². The number of hydrogen-bond acceptors (Lipinski definition) is 2. The standard InChI is InChI=1S/C22H44S2/c1-3-5-7-9-11-16-20-23-22(18-14-13-15-19-22)24-21-17-12-10-8-6-4-2/h3-21H2,1-2H3. The molecule has 1 aliphatic carbocycles. The molecular formula is C22H44S2. The maximum absolute atomic E-state index is 2.34. The fourth-order valence-corrected chi connectivity index (χ4v) is 7.13. The molecule has 0 aromatic rings. The summed E-state index contributed by atoms with van der Waals surface area (Å²) in [4.78, 5) is 0. The fraction of sp³-hybridized carbons (Fsp3) is 1.00. The van der Waals surface area contributed by atoms with Gasteiger partial charge in [-0.3, -0.25) is 0 Å². The first-order valence-corrected chi connectivity index (χ1v) is 13.1. The Kier molecular flexibility index (Phi) is 15.1. The summed E-state index contributed by atoms with van der Waals surface area (Å²) in [5, 5.41) is 0. The smallest absolute Gasteiger partial charge is 0.0611 e. The Labute approximate surface area is 162 Å². The minimum absolute atomic E-state index is 0.602. The number of thioether (sulfide) groups is 2. The Morgan fingerprint density at radius 2 is 0.958 bits per heavy atom. The van der Waals surface area contributed by atoms with Gasteiger partial charge in [0.1, 0.15) is 0 Å². The summed E-state index contributed by atoms with van der Waals surface area (Å²) in [5.41, 5.74) is 0. The molecular weight excluding hydrogens is 328 g/mol. The molecule has 0 radical (unpaired) electrons. The number of rotatable bonds is 16. The molecule has 1 fully saturated rings. The first-order valence-electron chi connectivity index (χ1n) is 11.1. The highest BCUT2D eigenvalue weighted by Crippen LogP contribution is 2.49. The van der Waals surface area contributed by atoms with Gasteiger partial charge >= 0.3 is 0 Å². The van der Waals surface area contributed by atoms with Crippen molar-refractivity contribution in [3.05, 3.63) is 0 Å². The zero-order valence-corrected chi connectivity index (χ0v) is 18.4. The Balaban J connectivity index is 2.12. The molecule has 1 saturated carbocycles. The van der Waals surface area contributed by atoms with Gasteiger partial charge in [0, 0.05) is 0 Å². The normalized spacial score (nSPS) is 17.2. The van der Waals surface area contributed by atoms with Crippen molar-refractivity contribution >= 4 is 23.5 Å². The van der Waals surface area contributed by atoms with Crippen LogP contribution in [0, 0.1) is 0 Å². The molecule has 0 heterocycles. The van der Waals surface area contributed by atoms with Crippen LogP contribution in [0.4, 0.5) is 0 Å². The maximum Gasteiger partial charge on any atom is 0.0611 e. The summed E-state index contributed by atoms with van der Waals surface area (Å²) < 4.78 is 0.602. The Bertz CT molecular complexity index is 239. The SMILES string of the molecule is CCCCCCCCSC1(SCCCCCCCC)CCCCC1. The van der Waals surface area contributed by atoms with E-state index < -0.39 is 0 Å². The van der Waals surface area contributed by atoms with Crippen LogP contribution >= 0.6 is 23.5 Å². The highest BCUT2D eigenvalue weighted by atomic mass is 32.2. The van der Waals surface area contributed by atoms with E-state index in [0.29, 0.717) is 4.08 Å². The Hall–Kier alpha value is 0.700. The van der Waals surface area contributed by atoms with Crippen molar-refractivity contribution in [1.82, 2.24) is 0 Å². The van der Waals surface area contributed by atoms with Gasteiger partial charge in [0.05, 0.1) is 4.08 Å². The van der Waals surface area contributed by atoms with Crippen molar-refractivity contribution in [2.24, 2.45) is 0 Å². The molecule has 1 rings (SSSR count). The largest absolute Gasteiger partial charge is 0.144 e. The highest BCUT2D eigenvalue weighted by Gasteiger charge is 2.32. The summed E-state index contributed by atoms with van der Waals surface area (Å²) in [6, 6.07) is 0. The molecule has 0 nitrogen and oxygen atoms in total. The first-order chi connectivity index (χ1) is 11.8. The fourth-order valence-electron chi connectivity index (χ4n) is 3.70. The lowest BCUT2D eigenvalue weighted by atomic mass is 10.00. The summed E-state index contributed by atoms with van der Waals surface area (Å²) in [7, 11) is 0. The van der Waals surface area contributed by atoms with E-state index in [1.807, 2.05) is 0 Å². The van der Waals surface area contributed by atoms with Gasteiger partial charge < -0.3 is 0 Å². The third kappa shape index (κ3) is 11.3. The molecule has 0 aromatic carbocycles. The van der Waals surface area contributed by atoms with E-state index in [0.717, 1.165) is 0 Å². The second-order valence-electron chi connectivity index (χ2n) is 7.70. The van der Waals surface area contributed by atoms with Crippen LogP contribution in [0.2, 0.25) is 0 Å². The third-order valence-electron chi connectivity index (χ3n) is 5.34. The molecule has 1 aliphatic rings. The summed E-state index contributed by atoms with van der Waals surface area (Å²) in [6.45, 7) is 4.62. The van der Waals surface area contributed by atoms with Gasteiger partial charge in [-0.25, -0.2) is 0 Å². The van der Waals surface area contributed by atoms with Gasteiger partial charge in [-0.05, 0) is 37.2 Å². The van der Waals surface area contributed by atoms with E-state index in [2.05, 4.69) is 37.4 Å². The minimum atomic E-state index is 0.602. The lowest BCUT2D eigenvalue weighted by Crippen LogP contribution is -2.25. The van der Waals surface area contributed by atoms with Crippen LogP contribution in [0.1, 0.15) is 123 Å². The van der Waals surface area contributed by atoms with Gasteiger partial charge in [-0.15, -0.1) is 23.5 Å². The van der Waals surface area contributed by atoms with Crippen molar-refractivity contribution < 1.29 is 0 Å². The van der Waals surface area contributed by atoms with E-state index in [1.165, 1.54) is 121 Å². The highest BCUT2D eigenvalue weighted by molar-refractivity contribution is 8.18. The third-order valence-corrected chi connectivity index (χ3v) is 8.90. The van der Waals surface area contributed by atoms with Crippen LogP contribution in [-0.2, 0) is 0 Å². The molecule has 0 spiro atoms. The average molecular weight is 373 g/mol. The van der Waals surface area contributed by atoms with Crippen LogP contribution < -0.4 is 0 Å². The lowest BCUT2D eigenvalue weighted by Gasteiger charge is -2.36. The number of unbranched alkanes of at least 4 members (excludes halogenated alkanes) is 10. The van der Waals surface area contributed by atoms with Crippen LogP contribution in [-0.4, -0.2) is 15.6 Å². The topological polar surface area (TPSA) is 0 Å². The van der Waals surface area contributed by atoms with Gasteiger partial charge in [0.15, 0.2) is 0 Å². The monoisotopic (exact) mass is 372 g/mol. The molecule has 2 heteroatoms. The zero-order valence-electron chi connectivity index (χ0n) is 16.8. The van der Waals surface area contributed by atoms with Crippen molar-refractivity contribution in [3.8, 4) is 0 Å². The van der Waals surface area contributed by atoms with Gasteiger partial charge in [0.25, 0.3) is 0 Å². The summed E-state index contributed by atoms with van der Waals surface area (Å²) in [5.74, 6) is 2.82. The van der Waals surface area contributed by atoms with Crippen LogP contribution in [0.15, 0.2) is 0 Å². The molecule has 0 aliphatic heterocycles. The first kappa shape index (κ1) is 22.7. The predicted molar refractivity (Wildman–Crippen MR) is 117 cm³/mol. The van der Waals surface area contributed by atoms with E-state index in [9.17, 15) is 0 Å². The van der Waals surface area contributed by atoms with E-state index in [1.54, 1.807) is 0 Å². The molecule has 144 valence electrons. The Morgan fingerprint density at radius 3 is 1.42 bits per heavy atom. The van der Waals surface area contributed by atoms with Crippen LogP contribution in [0.5, 0.6) is 0 Å². The quantitative estimate of drug-likeness (QED) is 0.196. The van der Waals surface area contributed by atoms with Crippen molar-refractivity contribution in [1.29, 1.82) is 0 Å². The molecule has 0 amide bonds. The van der Waals surface area contributed by atoms with E-state index in [-0.39, 0.29) is 0 Å². The second kappa shape index (κ2) is 15.9. The number of hydrogen-bond donors (Lipinski definition) is 0. The van der Waals surface area contributed by atoms with Crippen LogP contribution in [0.3, 0.4) is 0 Å². The molecule has 24 heavy (non-hydrogen) atoms. The average Bonchev–Trinajstić information content (AvgIpc) is 2.61. The Morgan fingerprint density at radius 1 is 0.542 bits per heavy atom. The van der Waals surface area contributed by atoms with Crippen molar-refractivity contribution in [2.45, 2.75) is 127 Å². The molecule has 0 N–H and O–H groups in total. The molecule has 0 unspecified atom stereocenters. The minimum Gasteiger partial charge on any atom is -0.144 e. The molecule has 0 bridgehead atoms. The van der Waals surface area contributed by atoms with Gasteiger partial charge in [-0.2, -0.15) is 0 Å². The van der Waals surface area contributed by atoms with Crippen molar-refractivity contribution in [3.63, 3.8) is 0 Å². The lowest BCUT2D eigenvalue weighted by molar-refractivity contribution is 0.489. The summed E-state index contributed by atoms with van der Waals surface area (Å²) in [6.07, 6.45) is 24.7. The maximum atomic E-state index is 2.34. The summed E-state index contributed by atoms with van der Waals surface area (Å²) >= 11 is 4.69. The van der Waals surface area contributed by atoms with Gasteiger partial charge in [-0.1, -0.05) is 97.3 Å². The van der Waals surface area contributed by atoms with E-state index in [4.69, 9.17) is 0 Å². The molecule has 0 aromatic heterocycles. The van der Waals surface area contributed by atoms with Crippen LogP contribution in [0.25, 0.3) is 0 Å². The predicted octanol–water partition coefficient (Wildman–Crippen LogP) is 8.83. The van der Waals surface area contributed by atoms with Gasteiger partial charge in [0.2, 0.25) is 0 Å².